The van der Waals surface area contributed by atoms with E-state index in [4.69, 9.17) is 4.74 Å². The number of carbonyl (C=O) groups is 1. The van der Waals surface area contributed by atoms with Gasteiger partial charge in [-0.1, -0.05) is 0 Å². The smallest absolute Gasteiger partial charge is 0.311 e. The van der Waals surface area contributed by atoms with Crippen LogP contribution in [0.5, 0.6) is 5.75 Å². The van der Waals surface area contributed by atoms with Crippen molar-refractivity contribution < 1.29 is 14.5 Å². The van der Waals surface area contributed by atoms with Crippen LogP contribution in [-0.4, -0.2) is 27.7 Å². The molecule has 0 aliphatic carbocycles. The third-order valence-electron chi connectivity index (χ3n) is 2.99. The highest BCUT2D eigenvalue weighted by Crippen LogP contribution is 2.27. The predicted molar refractivity (Wildman–Crippen MR) is 74.0 cm³/mol. The van der Waals surface area contributed by atoms with Gasteiger partial charge in [0.1, 0.15) is 0 Å². The van der Waals surface area contributed by atoms with Gasteiger partial charge in [-0.05, 0) is 18.2 Å². The van der Waals surface area contributed by atoms with Crippen molar-refractivity contribution in [3.63, 3.8) is 0 Å². The molecule has 0 fully saturated rings. The van der Waals surface area contributed by atoms with Crippen LogP contribution < -0.4 is 10.1 Å². The zero-order valence-electron chi connectivity index (χ0n) is 11.6. The van der Waals surface area contributed by atoms with E-state index in [1.807, 2.05) is 0 Å². The van der Waals surface area contributed by atoms with E-state index >= 15 is 0 Å². The lowest BCUT2D eigenvalue weighted by Gasteiger charge is -2.07. The molecular formula is C13H14N4O4. The Morgan fingerprint density at radius 1 is 1.48 bits per heavy atom. The number of nitro benzene ring substituents is 1. The van der Waals surface area contributed by atoms with Crippen LogP contribution in [-0.2, 0) is 13.6 Å². The Morgan fingerprint density at radius 3 is 2.81 bits per heavy atom. The first-order chi connectivity index (χ1) is 10.0. The summed E-state index contributed by atoms with van der Waals surface area (Å²) in [5, 5.41) is 17.6. The van der Waals surface area contributed by atoms with E-state index in [9.17, 15) is 14.9 Å². The second-order valence-corrected chi connectivity index (χ2v) is 4.27. The SMILES string of the molecule is COc1ccc(C(=O)NCc2ccnn2C)cc1[N+](=O)[O-]. The standard InChI is InChI=1S/C13H14N4O4/c1-16-10(5-6-15-16)8-14-13(18)9-3-4-12(21-2)11(7-9)17(19)20/h3-7H,8H2,1-2H3,(H,14,18). The number of methoxy groups -OCH3 is 1. The quantitative estimate of drug-likeness (QED) is 0.660. The highest BCUT2D eigenvalue weighted by Gasteiger charge is 2.18. The van der Waals surface area contributed by atoms with E-state index in [0.29, 0.717) is 0 Å². The molecule has 1 heterocycles. The summed E-state index contributed by atoms with van der Waals surface area (Å²) in [6, 6.07) is 5.84. The maximum atomic E-state index is 12.0. The Labute approximate surface area is 120 Å². The fourth-order valence-corrected chi connectivity index (χ4v) is 1.82. The van der Waals surface area contributed by atoms with E-state index in [2.05, 4.69) is 10.4 Å². The molecule has 0 unspecified atom stereocenters. The molecule has 1 amide bonds. The molecule has 0 saturated heterocycles. The number of nitrogens with one attached hydrogen (secondary N) is 1. The number of nitrogens with zero attached hydrogens (tertiary/aromatic N) is 3. The normalized spacial score (nSPS) is 10.2. The molecule has 2 aromatic rings. The Kier molecular flexibility index (Phi) is 4.17. The van der Waals surface area contributed by atoms with E-state index in [1.54, 1.807) is 24.0 Å². The lowest BCUT2D eigenvalue weighted by Crippen LogP contribution is -2.24. The van der Waals surface area contributed by atoms with Crippen LogP contribution in [0.15, 0.2) is 30.5 Å². The highest BCUT2D eigenvalue weighted by molar-refractivity contribution is 5.95. The van der Waals surface area contributed by atoms with Gasteiger partial charge < -0.3 is 10.1 Å². The Morgan fingerprint density at radius 2 is 2.24 bits per heavy atom. The summed E-state index contributed by atoms with van der Waals surface area (Å²) in [6.45, 7) is 0.287. The minimum Gasteiger partial charge on any atom is -0.490 e. The number of nitro groups is 1. The second kappa shape index (κ2) is 6.04. The molecule has 1 N–H and O–H groups in total. The second-order valence-electron chi connectivity index (χ2n) is 4.27. The summed E-state index contributed by atoms with van der Waals surface area (Å²) in [7, 11) is 3.10. The van der Waals surface area contributed by atoms with Crippen molar-refractivity contribution in [3.05, 3.63) is 51.8 Å². The van der Waals surface area contributed by atoms with Gasteiger partial charge in [0.05, 0.1) is 24.3 Å². The number of aromatic nitrogens is 2. The zero-order valence-corrected chi connectivity index (χ0v) is 11.6. The van der Waals surface area contributed by atoms with Gasteiger partial charge >= 0.3 is 5.69 Å². The zero-order chi connectivity index (χ0) is 15.4. The maximum absolute atomic E-state index is 12.0. The first-order valence-electron chi connectivity index (χ1n) is 6.10. The molecule has 110 valence electrons. The van der Waals surface area contributed by atoms with E-state index in [1.165, 1.54) is 25.3 Å². The third-order valence-corrected chi connectivity index (χ3v) is 2.99. The van der Waals surface area contributed by atoms with Gasteiger partial charge in [0.15, 0.2) is 5.75 Å². The van der Waals surface area contributed by atoms with Gasteiger partial charge in [-0.3, -0.25) is 19.6 Å². The minimum atomic E-state index is -0.587. The van der Waals surface area contributed by atoms with Gasteiger partial charge in [0.25, 0.3) is 5.91 Å². The third kappa shape index (κ3) is 3.16. The lowest BCUT2D eigenvalue weighted by molar-refractivity contribution is -0.385. The molecule has 0 bridgehead atoms. The van der Waals surface area contributed by atoms with Gasteiger partial charge in [0, 0.05) is 24.9 Å². The molecule has 8 nitrogen and oxygen atoms in total. The summed E-state index contributed by atoms with van der Waals surface area (Å²) >= 11 is 0. The summed E-state index contributed by atoms with van der Waals surface area (Å²) in [5.74, 6) is -0.287. The lowest BCUT2D eigenvalue weighted by atomic mass is 10.1. The Balaban J connectivity index is 2.14. The number of amides is 1. The van der Waals surface area contributed by atoms with Gasteiger partial charge in [0.2, 0.25) is 0 Å². The predicted octanol–water partition coefficient (Wildman–Crippen LogP) is 1.27. The van der Waals surface area contributed by atoms with Gasteiger partial charge in [-0.2, -0.15) is 5.10 Å². The van der Waals surface area contributed by atoms with Crippen molar-refractivity contribution in [1.82, 2.24) is 15.1 Å². The molecule has 21 heavy (non-hydrogen) atoms. The molecule has 1 aromatic carbocycles. The summed E-state index contributed by atoms with van der Waals surface area (Å²) < 4.78 is 6.53. The molecule has 0 aliphatic rings. The number of carbonyl (C=O) groups excluding carboxylic acids is 1. The summed E-state index contributed by atoms with van der Waals surface area (Å²) in [5.41, 5.74) is 0.779. The van der Waals surface area contributed by atoms with Crippen molar-refractivity contribution in [2.45, 2.75) is 6.54 Å². The number of benzene rings is 1. The largest absolute Gasteiger partial charge is 0.490 e. The highest BCUT2D eigenvalue weighted by atomic mass is 16.6. The van der Waals surface area contributed by atoms with Crippen LogP contribution >= 0.6 is 0 Å². The number of hydrogen-bond donors (Lipinski definition) is 1. The molecule has 0 spiro atoms. The molecule has 2 rings (SSSR count). The first kappa shape index (κ1) is 14.5. The number of ether oxygens (including phenoxy) is 1. The van der Waals surface area contributed by atoms with Crippen molar-refractivity contribution in [3.8, 4) is 5.75 Å². The Bertz CT molecular complexity index is 681. The first-order valence-corrected chi connectivity index (χ1v) is 6.10. The van der Waals surface area contributed by atoms with E-state index in [0.717, 1.165) is 5.69 Å². The van der Waals surface area contributed by atoms with Crippen molar-refractivity contribution in [2.24, 2.45) is 7.05 Å². The number of hydrogen-bond acceptors (Lipinski definition) is 5. The fourth-order valence-electron chi connectivity index (χ4n) is 1.82. The Hall–Kier alpha value is -2.90. The van der Waals surface area contributed by atoms with E-state index in [-0.39, 0.29) is 23.5 Å². The van der Waals surface area contributed by atoms with Crippen molar-refractivity contribution in [1.29, 1.82) is 0 Å². The molecule has 0 radical (unpaired) electrons. The summed E-state index contributed by atoms with van der Waals surface area (Å²) in [4.78, 5) is 22.4. The molecule has 0 atom stereocenters. The monoisotopic (exact) mass is 290 g/mol. The van der Waals surface area contributed by atoms with Crippen LogP contribution in [0.2, 0.25) is 0 Å². The fraction of sp³-hybridized carbons (Fsp3) is 0.231. The van der Waals surface area contributed by atoms with Crippen LogP contribution in [0, 0.1) is 10.1 Å². The van der Waals surface area contributed by atoms with Gasteiger partial charge in [-0.15, -0.1) is 0 Å². The summed E-state index contributed by atoms with van der Waals surface area (Å²) in [6.07, 6.45) is 1.62. The molecule has 8 heteroatoms. The van der Waals surface area contributed by atoms with Crippen LogP contribution in [0.4, 0.5) is 5.69 Å². The van der Waals surface area contributed by atoms with E-state index < -0.39 is 10.8 Å². The number of aryl methyl sites for hydroxylation is 1. The molecule has 1 aromatic heterocycles. The topological polar surface area (TPSA) is 99.3 Å². The van der Waals surface area contributed by atoms with Crippen LogP contribution in [0.1, 0.15) is 16.1 Å². The maximum Gasteiger partial charge on any atom is 0.311 e. The van der Waals surface area contributed by atoms with Crippen LogP contribution in [0.25, 0.3) is 0 Å². The minimum absolute atomic E-state index is 0.114. The average molecular weight is 290 g/mol. The van der Waals surface area contributed by atoms with Gasteiger partial charge in [-0.25, -0.2) is 0 Å². The van der Waals surface area contributed by atoms with Crippen molar-refractivity contribution in [2.75, 3.05) is 7.11 Å². The van der Waals surface area contributed by atoms with Crippen molar-refractivity contribution >= 4 is 11.6 Å². The number of rotatable bonds is 5. The molecule has 0 aliphatic heterocycles. The molecule has 0 saturated carbocycles. The van der Waals surface area contributed by atoms with Crippen LogP contribution in [0.3, 0.4) is 0 Å². The average Bonchev–Trinajstić information content (AvgIpc) is 2.89. The molecular weight excluding hydrogens is 276 g/mol.